The Labute approximate surface area is 151 Å². The van der Waals surface area contributed by atoms with Crippen molar-refractivity contribution < 1.29 is 9.90 Å². The predicted octanol–water partition coefficient (Wildman–Crippen LogP) is 2.10. The maximum Gasteiger partial charge on any atom is 0.227 e. The van der Waals surface area contributed by atoms with Gasteiger partial charge in [-0.3, -0.25) is 9.48 Å². The summed E-state index contributed by atoms with van der Waals surface area (Å²) in [5, 5.41) is 14.2. The summed E-state index contributed by atoms with van der Waals surface area (Å²) in [5.41, 5.74) is 4.50. The Kier molecular flexibility index (Phi) is 4.24. The minimum absolute atomic E-state index is 0.105. The van der Waals surface area contributed by atoms with Gasteiger partial charge in [-0.25, -0.2) is 4.98 Å². The molecule has 7 heteroatoms. The number of benzene rings is 1. The zero-order valence-corrected chi connectivity index (χ0v) is 15.1. The second-order valence-electron chi connectivity index (χ2n) is 6.98. The molecule has 1 aliphatic rings. The molecule has 3 heterocycles. The fraction of sp³-hybridized carbons (Fsp3) is 0.421. The van der Waals surface area contributed by atoms with Crippen LogP contribution in [-0.2, 0) is 24.3 Å². The second-order valence-corrected chi connectivity index (χ2v) is 6.98. The average molecular weight is 353 g/mol. The molecule has 0 saturated carbocycles. The maximum absolute atomic E-state index is 12.8. The van der Waals surface area contributed by atoms with E-state index in [1.807, 2.05) is 40.8 Å². The van der Waals surface area contributed by atoms with Gasteiger partial charge < -0.3 is 15.0 Å². The number of aryl methyl sites for hydroxylation is 2. The summed E-state index contributed by atoms with van der Waals surface area (Å²) < 4.78 is 1.91. The van der Waals surface area contributed by atoms with E-state index in [0.29, 0.717) is 18.7 Å². The summed E-state index contributed by atoms with van der Waals surface area (Å²) in [6.45, 7) is 5.65. The van der Waals surface area contributed by atoms with Crippen LogP contribution in [0, 0.1) is 6.92 Å². The summed E-state index contributed by atoms with van der Waals surface area (Å²) in [7, 11) is 0. The van der Waals surface area contributed by atoms with Gasteiger partial charge in [-0.1, -0.05) is 6.07 Å². The van der Waals surface area contributed by atoms with Gasteiger partial charge in [0.05, 0.1) is 41.5 Å². The lowest BCUT2D eigenvalue weighted by Crippen LogP contribution is -2.32. The van der Waals surface area contributed by atoms with Crippen LogP contribution >= 0.6 is 0 Å². The Balaban J connectivity index is 1.51. The first-order valence-electron chi connectivity index (χ1n) is 8.97. The molecule has 0 spiro atoms. The van der Waals surface area contributed by atoms with E-state index in [1.54, 1.807) is 6.92 Å². The normalized spacial score (nSPS) is 15.7. The summed E-state index contributed by atoms with van der Waals surface area (Å²) in [5.74, 6) is 0.979. The first-order chi connectivity index (χ1) is 12.5. The SMILES string of the molecule is Cc1nc2ccc(CC(=O)N3CCCn4nc(C(C)O)cc4C3)cc2[nH]1. The molecule has 26 heavy (non-hydrogen) atoms. The highest BCUT2D eigenvalue weighted by Gasteiger charge is 2.21. The van der Waals surface area contributed by atoms with E-state index in [-0.39, 0.29) is 5.91 Å². The number of imidazole rings is 1. The molecule has 0 aliphatic carbocycles. The summed E-state index contributed by atoms with van der Waals surface area (Å²) in [4.78, 5) is 22.3. The maximum atomic E-state index is 12.8. The highest BCUT2D eigenvalue weighted by molar-refractivity contribution is 5.81. The molecule has 1 aromatic carbocycles. The first-order valence-corrected chi connectivity index (χ1v) is 8.97. The van der Waals surface area contributed by atoms with Gasteiger partial charge in [-0.2, -0.15) is 5.10 Å². The zero-order valence-electron chi connectivity index (χ0n) is 15.1. The number of aliphatic hydroxyl groups excluding tert-OH is 1. The smallest absolute Gasteiger partial charge is 0.227 e. The van der Waals surface area contributed by atoms with Crippen molar-refractivity contribution in [3.63, 3.8) is 0 Å². The monoisotopic (exact) mass is 353 g/mol. The molecule has 0 saturated heterocycles. The number of H-pyrrole nitrogens is 1. The van der Waals surface area contributed by atoms with Crippen LogP contribution in [0.1, 0.15) is 42.2 Å². The molecule has 3 aromatic rings. The lowest BCUT2D eigenvalue weighted by atomic mass is 10.1. The van der Waals surface area contributed by atoms with Crippen molar-refractivity contribution in [3.8, 4) is 0 Å². The minimum atomic E-state index is -0.594. The lowest BCUT2D eigenvalue weighted by Gasteiger charge is -2.20. The van der Waals surface area contributed by atoms with Gasteiger partial charge in [0.2, 0.25) is 5.91 Å². The predicted molar refractivity (Wildman–Crippen MR) is 97.4 cm³/mol. The number of hydrogen-bond donors (Lipinski definition) is 2. The van der Waals surface area contributed by atoms with Crippen LogP contribution in [0.15, 0.2) is 24.3 Å². The van der Waals surface area contributed by atoms with E-state index < -0.39 is 6.10 Å². The van der Waals surface area contributed by atoms with Crippen molar-refractivity contribution in [3.05, 3.63) is 47.0 Å². The van der Waals surface area contributed by atoms with Crippen LogP contribution in [0.2, 0.25) is 0 Å². The molecule has 1 aliphatic heterocycles. The van der Waals surface area contributed by atoms with Crippen LogP contribution in [0.5, 0.6) is 0 Å². The van der Waals surface area contributed by atoms with E-state index in [2.05, 4.69) is 15.1 Å². The third-order valence-corrected chi connectivity index (χ3v) is 4.83. The molecule has 1 amide bonds. The van der Waals surface area contributed by atoms with Crippen molar-refractivity contribution in [2.45, 2.75) is 45.9 Å². The van der Waals surface area contributed by atoms with Crippen LogP contribution in [0.3, 0.4) is 0 Å². The molecule has 0 radical (unpaired) electrons. The molecular formula is C19H23N5O2. The molecule has 0 fully saturated rings. The van der Waals surface area contributed by atoms with Crippen molar-refractivity contribution in [2.24, 2.45) is 0 Å². The minimum Gasteiger partial charge on any atom is -0.387 e. The number of hydrogen-bond acceptors (Lipinski definition) is 4. The third-order valence-electron chi connectivity index (χ3n) is 4.83. The summed E-state index contributed by atoms with van der Waals surface area (Å²) in [6.07, 6.45) is 0.632. The zero-order chi connectivity index (χ0) is 18.3. The Morgan fingerprint density at radius 3 is 3.00 bits per heavy atom. The third kappa shape index (κ3) is 3.22. The summed E-state index contributed by atoms with van der Waals surface area (Å²) in [6, 6.07) is 7.82. The molecule has 2 aromatic heterocycles. The van der Waals surface area contributed by atoms with Gasteiger partial charge in [0, 0.05) is 13.1 Å². The Hall–Kier alpha value is -2.67. The molecule has 0 bridgehead atoms. The Morgan fingerprint density at radius 1 is 1.35 bits per heavy atom. The van der Waals surface area contributed by atoms with E-state index in [4.69, 9.17) is 0 Å². The quantitative estimate of drug-likeness (QED) is 0.755. The number of nitrogens with zero attached hydrogens (tertiary/aromatic N) is 4. The van der Waals surface area contributed by atoms with Gasteiger partial charge in [0.1, 0.15) is 5.82 Å². The van der Waals surface area contributed by atoms with E-state index in [0.717, 1.165) is 47.6 Å². The molecule has 1 atom stereocenters. The van der Waals surface area contributed by atoms with Crippen molar-refractivity contribution in [2.75, 3.05) is 6.54 Å². The van der Waals surface area contributed by atoms with E-state index >= 15 is 0 Å². The molecule has 7 nitrogen and oxygen atoms in total. The number of aromatic nitrogens is 4. The fourth-order valence-corrected chi connectivity index (χ4v) is 3.48. The van der Waals surface area contributed by atoms with Gasteiger partial charge in [-0.05, 0) is 44.0 Å². The Bertz CT molecular complexity index is 956. The van der Waals surface area contributed by atoms with E-state index in [1.165, 1.54) is 0 Å². The topological polar surface area (TPSA) is 87.0 Å². The lowest BCUT2D eigenvalue weighted by molar-refractivity contribution is -0.131. The highest BCUT2D eigenvalue weighted by Crippen LogP contribution is 2.19. The van der Waals surface area contributed by atoms with Crippen LogP contribution < -0.4 is 0 Å². The van der Waals surface area contributed by atoms with Crippen LogP contribution in [-0.4, -0.2) is 42.2 Å². The standard InChI is InChI=1S/C19H23N5O2/c1-12(25)17-10-15-11-23(6-3-7-24(15)22-17)19(26)9-14-4-5-16-18(8-14)21-13(2)20-16/h4-5,8,10,12,25H,3,6-7,9,11H2,1-2H3,(H,20,21). The number of fused-ring (bicyclic) bond motifs is 2. The van der Waals surface area contributed by atoms with Crippen LogP contribution in [0.4, 0.5) is 0 Å². The Morgan fingerprint density at radius 2 is 2.19 bits per heavy atom. The van der Waals surface area contributed by atoms with Gasteiger partial charge >= 0.3 is 0 Å². The highest BCUT2D eigenvalue weighted by atomic mass is 16.3. The van der Waals surface area contributed by atoms with E-state index in [9.17, 15) is 9.90 Å². The van der Waals surface area contributed by atoms with Gasteiger partial charge in [-0.15, -0.1) is 0 Å². The van der Waals surface area contributed by atoms with Crippen molar-refractivity contribution >= 4 is 16.9 Å². The van der Waals surface area contributed by atoms with Crippen LogP contribution in [0.25, 0.3) is 11.0 Å². The van der Waals surface area contributed by atoms with Crippen molar-refractivity contribution in [1.82, 2.24) is 24.6 Å². The molecule has 2 N–H and O–H groups in total. The summed E-state index contributed by atoms with van der Waals surface area (Å²) >= 11 is 0. The number of nitrogens with one attached hydrogen (secondary N) is 1. The molecule has 1 unspecified atom stereocenters. The number of carbonyl (C=O) groups excluding carboxylic acids is 1. The average Bonchev–Trinajstić information content (AvgIpc) is 3.10. The van der Waals surface area contributed by atoms with Gasteiger partial charge in [0.15, 0.2) is 0 Å². The number of carbonyl (C=O) groups is 1. The largest absolute Gasteiger partial charge is 0.387 e. The number of aromatic amines is 1. The van der Waals surface area contributed by atoms with Gasteiger partial charge in [0.25, 0.3) is 0 Å². The second kappa shape index (κ2) is 6.57. The fourth-order valence-electron chi connectivity index (χ4n) is 3.48. The molecule has 4 rings (SSSR count). The molecular weight excluding hydrogens is 330 g/mol. The molecule has 136 valence electrons. The number of aliphatic hydroxyl groups is 1. The van der Waals surface area contributed by atoms with Crippen molar-refractivity contribution in [1.29, 1.82) is 0 Å². The first kappa shape index (κ1) is 16.8. The number of rotatable bonds is 3. The number of amides is 1.